The van der Waals surface area contributed by atoms with Crippen LogP contribution < -0.4 is 5.32 Å². The number of carboxylic acid groups (broad SMARTS) is 1. The number of aliphatic carboxylic acids is 1. The molecule has 0 saturated carbocycles. The van der Waals surface area contributed by atoms with Crippen LogP contribution >= 0.6 is 0 Å². The maximum absolute atomic E-state index is 12.3. The zero-order valence-corrected chi connectivity index (χ0v) is 12.7. The van der Waals surface area contributed by atoms with Crippen molar-refractivity contribution < 1.29 is 14.7 Å². The molecular formula is C16H22N2O3. The summed E-state index contributed by atoms with van der Waals surface area (Å²) in [6.45, 7) is 6.95. The second-order valence-corrected chi connectivity index (χ2v) is 5.78. The first-order valence-electron chi connectivity index (χ1n) is 7.23. The number of carbonyl (C=O) groups is 2. The summed E-state index contributed by atoms with van der Waals surface area (Å²) in [7, 11) is 0. The molecule has 2 N–H and O–H groups in total. The summed E-state index contributed by atoms with van der Waals surface area (Å²) in [5.74, 6) is -1.23. The maximum atomic E-state index is 12.3. The van der Waals surface area contributed by atoms with Crippen LogP contribution in [-0.4, -0.2) is 41.0 Å². The number of rotatable bonds is 4. The largest absolute Gasteiger partial charge is 0.481 e. The summed E-state index contributed by atoms with van der Waals surface area (Å²) in [4.78, 5) is 25.2. The number of nitrogens with zero attached hydrogens (tertiary/aromatic N) is 1. The lowest BCUT2D eigenvalue weighted by molar-refractivity contribution is -0.141. The summed E-state index contributed by atoms with van der Waals surface area (Å²) in [6, 6.07) is 5.49. The molecule has 1 aromatic rings. The molecule has 1 aromatic carbocycles. The highest BCUT2D eigenvalue weighted by Gasteiger charge is 2.33. The van der Waals surface area contributed by atoms with Gasteiger partial charge >= 0.3 is 5.97 Å². The second kappa shape index (κ2) is 6.26. The smallest absolute Gasteiger partial charge is 0.307 e. The van der Waals surface area contributed by atoms with Gasteiger partial charge in [0.15, 0.2) is 0 Å². The van der Waals surface area contributed by atoms with Crippen LogP contribution in [0.15, 0.2) is 18.2 Å². The van der Waals surface area contributed by atoms with Gasteiger partial charge in [-0.15, -0.1) is 0 Å². The number of benzene rings is 1. The van der Waals surface area contributed by atoms with E-state index in [0.717, 1.165) is 11.3 Å². The number of hydrogen-bond acceptors (Lipinski definition) is 3. The van der Waals surface area contributed by atoms with Crippen molar-refractivity contribution in [3.8, 4) is 0 Å². The Morgan fingerprint density at radius 3 is 2.62 bits per heavy atom. The first kappa shape index (κ1) is 15.5. The quantitative estimate of drug-likeness (QED) is 0.890. The topological polar surface area (TPSA) is 69.6 Å². The van der Waals surface area contributed by atoms with Gasteiger partial charge in [-0.1, -0.05) is 6.07 Å². The van der Waals surface area contributed by atoms with Crippen molar-refractivity contribution in [2.45, 2.75) is 33.2 Å². The van der Waals surface area contributed by atoms with Gasteiger partial charge in [0.2, 0.25) is 5.91 Å². The van der Waals surface area contributed by atoms with E-state index in [1.165, 1.54) is 5.56 Å². The normalized spacial score (nSPS) is 20.2. The van der Waals surface area contributed by atoms with Gasteiger partial charge in [-0.25, -0.2) is 0 Å². The zero-order chi connectivity index (χ0) is 15.6. The molecule has 1 aliphatic rings. The van der Waals surface area contributed by atoms with Crippen molar-refractivity contribution in [2.24, 2.45) is 5.92 Å². The average molecular weight is 290 g/mol. The standard InChI is InChI=1S/C16H22N2O3/c1-10-4-5-14(8-11(10)2)17-15(19)12(3)18-7-6-13(9-18)16(20)21/h4-5,8,12-13H,6-7,9H2,1-3H3,(H,17,19)(H,20,21). The molecule has 5 heteroatoms. The van der Waals surface area contributed by atoms with E-state index in [1.54, 1.807) is 0 Å². The Bertz CT molecular complexity index is 556. The van der Waals surface area contributed by atoms with E-state index < -0.39 is 5.97 Å². The van der Waals surface area contributed by atoms with Crippen LogP contribution in [0, 0.1) is 19.8 Å². The lowest BCUT2D eigenvalue weighted by atomic mass is 10.1. The molecule has 1 fully saturated rings. The molecule has 0 bridgehead atoms. The Hall–Kier alpha value is -1.88. The lowest BCUT2D eigenvalue weighted by Gasteiger charge is -2.23. The highest BCUT2D eigenvalue weighted by Crippen LogP contribution is 2.20. The Morgan fingerprint density at radius 1 is 1.33 bits per heavy atom. The minimum Gasteiger partial charge on any atom is -0.481 e. The second-order valence-electron chi connectivity index (χ2n) is 5.78. The molecule has 0 radical (unpaired) electrons. The molecule has 0 aromatic heterocycles. The van der Waals surface area contributed by atoms with Crippen LogP contribution in [0.25, 0.3) is 0 Å². The van der Waals surface area contributed by atoms with Gasteiger partial charge in [-0.3, -0.25) is 14.5 Å². The van der Waals surface area contributed by atoms with Crippen molar-refractivity contribution in [2.75, 3.05) is 18.4 Å². The number of carbonyl (C=O) groups excluding carboxylic acids is 1. The molecule has 1 heterocycles. The van der Waals surface area contributed by atoms with Crippen LogP contribution in [0.3, 0.4) is 0 Å². The van der Waals surface area contributed by atoms with Crippen molar-refractivity contribution in [3.63, 3.8) is 0 Å². The summed E-state index contributed by atoms with van der Waals surface area (Å²) >= 11 is 0. The number of nitrogens with one attached hydrogen (secondary N) is 1. The summed E-state index contributed by atoms with van der Waals surface area (Å²) in [6.07, 6.45) is 0.608. The minimum atomic E-state index is -0.778. The minimum absolute atomic E-state index is 0.0932. The van der Waals surface area contributed by atoms with Gasteiger partial charge in [0, 0.05) is 12.2 Å². The Labute approximate surface area is 125 Å². The first-order valence-corrected chi connectivity index (χ1v) is 7.23. The van der Waals surface area contributed by atoms with Crippen LogP contribution in [0.5, 0.6) is 0 Å². The monoisotopic (exact) mass is 290 g/mol. The van der Waals surface area contributed by atoms with E-state index in [1.807, 2.05) is 43.9 Å². The Balaban J connectivity index is 1.97. The van der Waals surface area contributed by atoms with Gasteiger partial charge in [0.05, 0.1) is 12.0 Å². The van der Waals surface area contributed by atoms with Crippen molar-refractivity contribution in [1.82, 2.24) is 4.90 Å². The molecule has 114 valence electrons. The highest BCUT2D eigenvalue weighted by molar-refractivity contribution is 5.94. The van der Waals surface area contributed by atoms with Crippen LogP contribution in [0.1, 0.15) is 24.5 Å². The third-order valence-electron chi connectivity index (χ3n) is 4.27. The van der Waals surface area contributed by atoms with E-state index in [4.69, 9.17) is 5.11 Å². The van der Waals surface area contributed by atoms with Gasteiger partial charge < -0.3 is 10.4 Å². The van der Waals surface area contributed by atoms with Gasteiger partial charge in [-0.05, 0) is 57.0 Å². The average Bonchev–Trinajstić information content (AvgIpc) is 2.92. The van der Waals surface area contributed by atoms with E-state index in [2.05, 4.69) is 5.32 Å². The van der Waals surface area contributed by atoms with Gasteiger partial charge in [0.1, 0.15) is 0 Å². The molecule has 1 aliphatic heterocycles. The van der Waals surface area contributed by atoms with Gasteiger partial charge in [-0.2, -0.15) is 0 Å². The van der Waals surface area contributed by atoms with Crippen molar-refractivity contribution >= 4 is 17.6 Å². The SMILES string of the molecule is Cc1ccc(NC(=O)C(C)N2CCC(C(=O)O)C2)cc1C. The third-order valence-corrected chi connectivity index (χ3v) is 4.27. The highest BCUT2D eigenvalue weighted by atomic mass is 16.4. The molecule has 1 amide bonds. The fourth-order valence-electron chi connectivity index (χ4n) is 2.57. The number of likely N-dealkylation sites (tertiary alicyclic amines) is 1. The molecule has 1 saturated heterocycles. The molecule has 2 unspecified atom stereocenters. The molecule has 21 heavy (non-hydrogen) atoms. The molecule has 5 nitrogen and oxygen atoms in total. The number of amides is 1. The summed E-state index contributed by atoms with van der Waals surface area (Å²) in [5, 5.41) is 11.9. The molecule has 0 aliphatic carbocycles. The fraction of sp³-hybridized carbons (Fsp3) is 0.500. The van der Waals surface area contributed by atoms with Crippen LogP contribution in [0.4, 0.5) is 5.69 Å². The third kappa shape index (κ3) is 3.61. The summed E-state index contributed by atoms with van der Waals surface area (Å²) < 4.78 is 0. The van der Waals surface area contributed by atoms with E-state index >= 15 is 0 Å². The lowest BCUT2D eigenvalue weighted by Crippen LogP contribution is -2.41. The molecule has 2 rings (SSSR count). The molecule has 2 atom stereocenters. The zero-order valence-electron chi connectivity index (χ0n) is 12.7. The van der Waals surface area contributed by atoms with Crippen molar-refractivity contribution in [1.29, 1.82) is 0 Å². The Kier molecular flexibility index (Phi) is 4.63. The number of hydrogen-bond donors (Lipinski definition) is 2. The summed E-state index contributed by atoms with van der Waals surface area (Å²) in [5.41, 5.74) is 3.10. The van der Waals surface area contributed by atoms with E-state index in [0.29, 0.717) is 19.5 Å². The van der Waals surface area contributed by atoms with Crippen LogP contribution in [-0.2, 0) is 9.59 Å². The van der Waals surface area contributed by atoms with Gasteiger partial charge in [0.25, 0.3) is 0 Å². The van der Waals surface area contributed by atoms with Crippen LogP contribution in [0.2, 0.25) is 0 Å². The maximum Gasteiger partial charge on any atom is 0.307 e. The van der Waals surface area contributed by atoms with Crippen molar-refractivity contribution in [3.05, 3.63) is 29.3 Å². The number of anilines is 1. The predicted molar refractivity (Wildman–Crippen MR) is 81.3 cm³/mol. The number of carboxylic acids is 1. The molecular weight excluding hydrogens is 268 g/mol. The van der Waals surface area contributed by atoms with E-state index in [-0.39, 0.29) is 17.9 Å². The fourth-order valence-corrected chi connectivity index (χ4v) is 2.57. The number of aryl methyl sites for hydroxylation is 2. The van der Waals surface area contributed by atoms with E-state index in [9.17, 15) is 9.59 Å². The first-order chi connectivity index (χ1) is 9.88. The Morgan fingerprint density at radius 2 is 2.05 bits per heavy atom. The predicted octanol–water partition coefficient (Wildman–Crippen LogP) is 2.04. The molecule has 0 spiro atoms.